The van der Waals surface area contributed by atoms with Gasteiger partial charge >= 0.3 is 0 Å². The lowest BCUT2D eigenvalue weighted by molar-refractivity contribution is 0.102. The van der Waals surface area contributed by atoms with Crippen LogP contribution >= 0.6 is 22.9 Å². The Morgan fingerprint density at radius 2 is 1.61 bits per heavy atom. The first-order valence-corrected chi connectivity index (χ1v) is 11.3. The van der Waals surface area contributed by atoms with Crippen molar-refractivity contribution in [3.63, 3.8) is 0 Å². The van der Waals surface area contributed by atoms with Gasteiger partial charge in [0.25, 0.3) is 5.91 Å². The second-order valence-corrected chi connectivity index (χ2v) is 8.75. The van der Waals surface area contributed by atoms with Crippen LogP contribution in [-0.4, -0.2) is 15.9 Å². The summed E-state index contributed by atoms with van der Waals surface area (Å²) in [4.78, 5) is 21.0. The van der Waals surface area contributed by atoms with E-state index in [4.69, 9.17) is 11.6 Å². The summed E-state index contributed by atoms with van der Waals surface area (Å²) in [7, 11) is 0. The number of hydrogen-bond donors (Lipinski definition) is 1. The van der Waals surface area contributed by atoms with Crippen molar-refractivity contribution in [1.82, 2.24) is 9.97 Å². The van der Waals surface area contributed by atoms with Gasteiger partial charge < -0.3 is 0 Å². The lowest BCUT2D eigenvalue weighted by atomic mass is 9.94. The van der Waals surface area contributed by atoms with Crippen molar-refractivity contribution in [3.8, 4) is 11.3 Å². The van der Waals surface area contributed by atoms with Crippen molar-refractivity contribution in [2.24, 2.45) is 0 Å². The predicted molar refractivity (Wildman–Crippen MR) is 128 cm³/mol. The molecule has 0 fully saturated rings. The minimum atomic E-state index is -0.186. The summed E-state index contributed by atoms with van der Waals surface area (Å²) in [5.41, 5.74) is 7.51. The second-order valence-electron chi connectivity index (χ2n) is 7.46. The van der Waals surface area contributed by atoms with Gasteiger partial charge in [-0.3, -0.25) is 15.1 Å². The van der Waals surface area contributed by atoms with Gasteiger partial charge in [-0.1, -0.05) is 35.9 Å². The minimum Gasteiger partial charge on any atom is -0.298 e. The summed E-state index contributed by atoms with van der Waals surface area (Å²) in [6.07, 6.45) is 5.14. The summed E-state index contributed by atoms with van der Waals surface area (Å²) in [5.74, 6) is -0.186. The summed E-state index contributed by atoms with van der Waals surface area (Å²) in [5, 5.41) is 6.21. The number of pyridine rings is 1. The molecule has 0 spiro atoms. The molecular formula is C25H22ClN3OS. The van der Waals surface area contributed by atoms with Crippen molar-refractivity contribution >= 4 is 34.0 Å². The predicted octanol–water partition coefficient (Wildman–Crippen LogP) is 6.51. The Kier molecular flexibility index (Phi) is 6.44. The number of thiazole rings is 1. The van der Waals surface area contributed by atoms with E-state index in [2.05, 4.69) is 53.4 Å². The summed E-state index contributed by atoms with van der Waals surface area (Å²) in [6, 6.07) is 15.8. The fraction of sp³-hybridized carbons (Fsp3) is 0.160. The molecular weight excluding hydrogens is 426 g/mol. The molecule has 0 bridgehead atoms. The number of nitrogens with one attached hydrogen (secondary N) is 1. The van der Waals surface area contributed by atoms with E-state index in [1.807, 2.05) is 17.5 Å². The van der Waals surface area contributed by atoms with Gasteiger partial charge in [-0.05, 0) is 73.2 Å². The highest BCUT2D eigenvalue weighted by Gasteiger charge is 2.14. The Bertz CT molecular complexity index is 1180. The molecule has 6 heteroatoms. The Labute approximate surface area is 191 Å². The molecule has 2 heterocycles. The molecule has 0 aliphatic carbocycles. The maximum atomic E-state index is 12.4. The molecule has 156 valence electrons. The van der Waals surface area contributed by atoms with Crippen molar-refractivity contribution in [3.05, 3.63) is 99.1 Å². The number of anilines is 1. The van der Waals surface area contributed by atoms with E-state index < -0.39 is 0 Å². The van der Waals surface area contributed by atoms with Crippen LogP contribution in [0.5, 0.6) is 0 Å². The van der Waals surface area contributed by atoms with Crippen molar-refractivity contribution in [2.45, 2.75) is 26.7 Å². The van der Waals surface area contributed by atoms with E-state index in [1.165, 1.54) is 33.6 Å². The topological polar surface area (TPSA) is 54.9 Å². The Morgan fingerprint density at radius 1 is 0.968 bits per heavy atom. The average molecular weight is 448 g/mol. The highest BCUT2D eigenvalue weighted by Crippen LogP contribution is 2.31. The van der Waals surface area contributed by atoms with Crippen LogP contribution in [0.25, 0.3) is 11.3 Å². The zero-order chi connectivity index (χ0) is 21.8. The molecule has 1 N–H and O–H groups in total. The molecule has 0 saturated carbocycles. The Balaban J connectivity index is 1.48. The zero-order valence-corrected chi connectivity index (χ0v) is 18.9. The van der Waals surface area contributed by atoms with Gasteiger partial charge in [-0.25, -0.2) is 4.98 Å². The number of nitrogens with zero attached hydrogens (tertiary/aromatic N) is 2. The standard InChI is InChI=1S/C25H22ClN3OS/c1-16-13-19(4-3-18-5-7-21(26)8-6-18)14-17(2)23(16)22-15-31-25(28-22)29-24(30)20-9-11-27-12-10-20/h5-15H,3-4H2,1-2H3,(H,28,29,30). The van der Waals surface area contributed by atoms with Gasteiger partial charge in [0.05, 0.1) is 5.69 Å². The highest BCUT2D eigenvalue weighted by atomic mass is 35.5. The van der Waals surface area contributed by atoms with Gasteiger partial charge in [0.15, 0.2) is 5.13 Å². The third kappa shape index (κ3) is 5.19. The molecule has 31 heavy (non-hydrogen) atoms. The van der Waals surface area contributed by atoms with E-state index in [9.17, 15) is 4.79 Å². The Morgan fingerprint density at radius 3 is 2.29 bits per heavy atom. The number of amides is 1. The molecule has 2 aromatic heterocycles. The molecule has 2 aromatic carbocycles. The number of aryl methyl sites for hydroxylation is 4. The summed E-state index contributed by atoms with van der Waals surface area (Å²) >= 11 is 7.40. The molecule has 4 nitrogen and oxygen atoms in total. The third-order valence-electron chi connectivity index (χ3n) is 5.13. The smallest absolute Gasteiger partial charge is 0.257 e. The fourth-order valence-corrected chi connectivity index (χ4v) is 4.48. The van der Waals surface area contributed by atoms with Crippen LogP contribution in [0.2, 0.25) is 5.02 Å². The van der Waals surface area contributed by atoms with Crippen LogP contribution in [-0.2, 0) is 12.8 Å². The average Bonchev–Trinajstić information content (AvgIpc) is 3.21. The van der Waals surface area contributed by atoms with Crippen molar-refractivity contribution in [1.29, 1.82) is 0 Å². The second kappa shape index (κ2) is 9.41. The van der Waals surface area contributed by atoms with E-state index >= 15 is 0 Å². The van der Waals surface area contributed by atoms with Crippen molar-refractivity contribution < 1.29 is 4.79 Å². The van der Waals surface area contributed by atoms with E-state index in [1.54, 1.807) is 24.5 Å². The lowest BCUT2D eigenvalue weighted by Crippen LogP contribution is -2.11. The minimum absolute atomic E-state index is 0.186. The van der Waals surface area contributed by atoms with Crippen LogP contribution in [0.3, 0.4) is 0 Å². The van der Waals surface area contributed by atoms with Crippen LogP contribution in [0.1, 0.15) is 32.6 Å². The normalized spacial score (nSPS) is 10.8. The van der Waals surface area contributed by atoms with E-state index in [0.29, 0.717) is 10.7 Å². The van der Waals surface area contributed by atoms with Gasteiger partial charge in [0, 0.05) is 33.9 Å². The largest absolute Gasteiger partial charge is 0.298 e. The summed E-state index contributed by atoms with van der Waals surface area (Å²) < 4.78 is 0. The van der Waals surface area contributed by atoms with Gasteiger partial charge in [-0.15, -0.1) is 11.3 Å². The number of benzene rings is 2. The first-order valence-electron chi connectivity index (χ1n) is 10.0. The maximum absolute atomic E-state index is 12.4. The number of rotatable bonds is 6. The number of carbonyl (C=O) groups is 1. The molecule has 0 radical (unpaired) electrons. The number of aromatic nitrogens is 2. The maximum Gasteiger partial charge on any atom is 0.257 e. The molecule has 0 unspecified atom stereocenters. The first kappa shape index (κ1) is 21.2. The molecule has 0 atom stereocenters. The van der Waals surface area contributed by atoms with E-state index in [-0.39, 0.29) is 5.91 Å². The highest BCUT2D eigenvalue weighted by molar-refractivity contribution is 7.14. The van der Waals surface area contributed by atoms with Gasteiger partial charge in [0.1, 0.15) is 0 Å². The van der Waals surface area contributed by atoms with Crippen LogP contribution < -0.4 is 5.32 Å². The monoisotopic (exact) mass is 447 g/mol. The number of carbonyl (C=O) groups excluding carboxylic acids is 1. The quantitative estimate of drug-likeness (QED) is 0.366. The van der Waals surface area contributed by atoms with Gasteiger partial charge in [0.2, 0.25) is 0 Å². The first-order chi connectivity index (χ1) is 15.0. The fourth-order valence-electron chi connectivity index (χ4n) is 3.66. The van der Waals surface area contributed by atoms with Crippen LogP contribution in [0, 0.1) is 13.8 Å². The van der Waals surface area contributed by atoms with Crippen LogP contribution in [0.4, 0.5) is 5.13 Å². The Hall–Kier alpha value is -3.02. The SMILES string of the molecule is Cc1cc(CCc2ccc(Cl)cc2)cc(C)c1-c1csc(NC(=O)c2ccncc2)n1. The molecule has 4 aromatic rings. The zero-order valence-electron chi connectivity index (χ0n) is 17.4. The molecule has 0 aliphatic rings. The van der Waals surface area contributed by atoms with Crippen LogP contribution in [0.15, 0.2) is 66.3 Å². The number of halogens is 1. The summed E-state index contributed by atoms with van der Waals surface area (Å²) in [6.45, 7) is 4.23. The van der Waals surface area contributed by atoms with Crippen molar-refractivity contribution in [2.75, 3.05) is 5.32 Å². The molecule has 0 saturated heterocycles. The number of hydrogen-bond acceptors (Lipinski definition) is 4. The molecule has 1 amide bonds. The molecule has 0 aliphatic heterocycles. The third-order valence-corrected chi connectivity index (χ3v) is 6.14. The van der Waals surface area contributed by atoms with E-state index in [0.717, 1.165) is 29.1 Å². The van der Waals surface area contributed by atoms with Gasteiger partial charge in [-0.2, -0.15) is 0 Å². The lowest BCUT2D eigenvalue weighted by Gasteiger charge is -2.11. The molecule has 4 rings (SSSR count).